The molecule has 150 valence electrons. The van der Waals surface area contributed by atoms with E-state index < -0.39 is 17.2 Å². The molecule has 0 saturated heterocycles. The highest BCUT2D eigenvalue weighted by Crippen LogP contribution is 2.48. The molecule has 8 heteroatoms. The molecule has 1 aliphatic carbocycles. The molecule has 30 heavy (non-hydrogen) atoms. The van der Waals surface area contributed by atoms with Crippen LogP contribution >= 0.6 is 0 Å². The van der Waals surface area contributed by atoms with E-state index in [4.69, 9.17) is 9.47 Å². The molecule has 3 N–H and O–H groups in total. The summed E-state index contributed by atoms with van der Waals surface area (Å²) in [5.41, 5.74) is 2.07. The standard InChI is InChI=1S/C22H17N3O5/c1-29-13-8-7-10(9-14(13)30-2)15-16-18(11-5-3-4-6-12(11)19(16)26)23-20-17(15)21(27)25-22(28)24-20/h3-9,15H,1-2H3,(H3,23,24,25,27,28)/t15-/m0/s1. The van der Waals surface area contributed by atoms with Crippen LogP contribution in [0.3, 0.4) is 0 Å². The zero-order chi connectivity index (χ0) is 21.0. The van der Waals surface area contributed by atoms with Gasteiger partial charge in [-0.05, 0) is 17.7 Å². The van der Waals surface area contributed by atoms with Gasteiger partial charge in [0.25, 0.3) is 5.56 Å². The third-order valence-electron chi connectivity index (χ3n) is 5.50. The van der Waals surface area contributed by atoms with Gasteiger partial charge in [0.2, 0.25) is 0 Å². The Bertz CT molecular complexity index is 1370. The number of aromatic amines is 2. The quantitative estimate of drug-likeness (QED) is 0.618. The molecule has 8 nitrogen and oxygen atoms in total. The van der Waals surface area contributed by atoms with E-state index in [1.165, 1.54) is 14.2 Å². The summed E-state index contributed by atoms with van der Waals surface area (Å²) in [5, 5.41) is 3.11. The average molecular weight is 403 g/mol. The Morgan fingerprint density at radius 3 is 2.33 bits per heavy atom. The average Bonchev–Trinajstić information content (AvgIpc) is 3.03. The van der Waals surface area contributed by atoms with Crippen molar-refractivity contribution in [2.45, 2.75) is 5.92 Å². The van der Waals surface area contributed by atoms with E-state index in [1.54, 1.807) is 30.3 Å². The Morgan fingerprint density at radius 2 is 1.60 bits per heavy atom. The van der Waals surface area contributed by atoms with Crippen molar-refractivity contribution < 1.29 is 14.3 Å². The molecule has 2 aliphatic rings. The van der Waals surface area contributed by atoms with Crippen molar-refractivity contribution >= 4 is 17.3 Å². The van der Waals surface area contributed by atoms with Crippen molar-refractivity contribution in [3.05, 3.63) is 91.1 Å². The monoisotopic (exact) mass is 403 g/mol. The fourth-order valence-corrected chi connectivity index (χ4v) is 4.22. The molecule has 0 amide bonds. The first-order chi connectivity index (χ1) is 14.5. The smallest absolute Gasteiger partial charge is 0.327 e. The molecule has 1 atom stereocenters. The van der Waals surface area contributed by atoms with Crippen LogP contribution in [-0.2, 0) is 0 Å². The number of methoxy groups -OCH3 is 2. The summed E-state index contributed by atoms with van der Waals surface area (Å²) in [5.74, 6) is 0.412. The molecule has 0 saturated carbocycles. The molecule has 0 unspecified atom stereocenters. The zero-order valence-corrected chi connectivity index (χ0v) is 16.2. The lowest BCUT2D eigenvalue weighted by Crippen LogP contribution is -2.33. The van der Waals surface area contributed by atoms with E-state index in [1.807, 2.05) is 12.1 Å². The van der Waals surface area contributed by atoms with Gasteiger partial charge in [0.1, 0.15) is 5.82 Å². The Kier molecular flexibility index (Phi) is 3.89. The van der Waals surface area contributed by atoms with E-state index >= 15 is 0 Å². The lowest BCUT2D eigenvalue weighted by atomic mass is 9.81. The summed E-state index contributed by atoms with van der Waals surface area (Å²) in [4.78, 5) is 43.0. The third-order valence-corrected chi connectivity index (χ3v) is 5.50. The molecule has 1 aromatic heterocycles. The minimum absolute atomic E-state index is 0.163. The van der Waals surface area contributed by atoms with Crippen molar-refractivity contribution in [3.63, 3.8) is 0 Å². The molecule has 5 rings (SSSR count). The maximum absolute atomic E-state index is 13.3. The van der Waals surface area contributed by atoms with Crippen LogP contribution < -0.4 is 26.0 Å². The summed E-state index contributed by atoms with van der Waals surface area (Å²) in [6.07, 6.45) is 0. The van der Waals surface area contributed by atoms with Crippen molar-refractivity contribution in [2.24, 2.45) is 0 Å². The first-order valence-electron chi connectivity index (χ1n) is 9.27. The summed E-state index contributed by atoms with van der Waals surface area (Å²) in [7, 11) is 3.05. The molecule has 3 aromatic rings. The van der Waals surface area contributed by atoms with Gasteiger partial charge in [-0.2, -0.15) is 0 Å². The number of fused-ring (bicyclic) bond motifs is 3. The van der Waals surface area contributed by atoms with Crippen LogP contribution in [0.2, 0.25) is 0 Å². The van der Waals surface area contributed by atoms with E-state index in [0.29, 0.717) is 33.9 Å². The van der Waals surface area contributed by atoms with Gasteiger partial charge in [-0.1, -0.05) is 30.3 Å². The lowest BCUT2D eigenvalue weighted by molar-refractivity contribution is 0.103. The normalized spacial score (nSPS) is 16.5. The van der Waals surface area contributed by atoms with Gasteiger partial charge in [-0.3, -0.25) is 19.6 Å². The third kappa shape index (κ3) is 2.43. The number of H-pyrrole nitrogens is 2. The number of aromatic nitrogens is 2. The number of ether oxygens (including phenoxy) is 2. The van der Waals surface area contributed by atoms with Crippen molar-refractivity contribution in [1.29, 1.82) is 0 Å². The second-order valence-electron chi connectivity index (χ2n) is 7.03. The second kappa shape index (κ2) is 6.48. The topological polar surface area (TPSA) is 113 Å². The highest BCUT2D eigenvalue weighted by atomic mass is 16.5. The molecule has 0 bridgehead atoms. The number of Topliss-reactive ketones (excluding diaryl/α,β-unsaturated/α-hetero) is 1. The van der Waals surface area contributed by atoms with Crippen molar-refractivity contribution in [2.75, 3.05) is 19.5 Å². The van der Waals surface area contributed by atoms with Gasteiger partial charge < -0.3 is 14.8 Å². The van der Waals surface area contributed by atoms with Crippen LogP contribution in [0.1, 0.15) is 33.0 Å². The maximum atomic E-state index is 13.3. The van der Waals surface area contributed by atoms with Gasteiger partial charge >= 0.3 is 5.69 Å². The molecule has 0 radical (unpaired) electrons. The van der Waals surface area contributed by atoms with Gasteiger partial charge in [-0.25, -0.2) is 4.79 Å². The van der Waals surface area contributed by atoms with Crippen molar-refractivity contribution in [1.82, 2.24) is 9.97 Å². The predicted molar refractivity (Wildman–Crippen MR) is 110 cm³/mol. The molecular weight excluding hydrogens is 386 g/mol. The highest BCUT2D eigenvalue weighted by molar-refractivity contribution is 6.23. The van der Waals surface area contributed by atoms with E-state index in [9.17, 15) is 14.4 Å². The summed E-state index contributed by atoms with van der Waals surface area (Å²) in [6, 6.07) is 12.5. The first kappa shape index (κ1) is 18.0. The van der Waals surface area contributed by atoms with E-state index in [-0.39, 0.29) is 17.2 Å². The fourth-order valence-electron chi connectivity index (χ4n) is 4.22. The lowest BCUT2D eigenvalue weighted by Gasteiger charge is -2.27. The summed E-state index contributed by atoms with van der Waals surface area (Å²) < 4.78 is 10.7. The summed E-state index contributed by atoms with van der Waals surface area (Å²) >= 11 is 0. The minimum atomic E-state index is -0.698. The Hall–Kier alpha value is -4.07. The molecule has 1 aliphatic heterocycles. The first-order valence-corrected chi connectivity index (χ1v) is 9.27. The van der Waals surface area contributed by atoms with E-state index in [0.717, 1.165) is 5.56 Å². The molecule has 2 heterocycles. The summed E-state index contributed by atoms with van der Waals surface area (Å²) in [6.45, 7) is 0. The highest BCUT2D eigenvalue weighted by Gasteiger charge is 2.41. The second-order valence-corrected chi connectivity index (χ2v) is 7.03. The largest absolute Gasteiger partial charge is 0.493 e. The van der Waals surface area contributed by atoms with Crippen LogP contribution in [0, 0.1) is 0 Å². The van der Waals surface area contributed by atoms with Crippen LogP contribution in [0.5, 0.6) is 11.5 Å². The van der Waals surface area contributed by atoms with Crippen molar-refractivity contribution in [3.8, 4) is 11.5 Å². The Morgan fingerprint density at radius 1 is 0.867 bits per heavy atom. The van der Waals surface area contributed by atoms with Gasteiger partial charge in [0, 0.05) is 22.6 Å². The number of allylic oxidation sites excluding steroid dienone is 1. The van der Waals surface area contributed by atoms with Gasteiger partial charge in [-0.15, -0.1) is 0 Å². The number of carbonyl (C=O) groups is 1. The number of hydrogen-bond acceptors (Lipinski definition) is 6. The number of ketones is 1. The Balaban J connectivity index is 1.82. The predicted octanol–water partition coefficient (Wildman–Crippen LogP) is 2.25. The fraction of sp³-hybridized carbons (Fsp3) is 0.136. The maximum Gasteiger partial charge on any atom is 0.327 e. The number of carbonyl (C=O) groups excluding carboxylic acids is 1. The van der Waals surface area contributed by atoms with E-state index in [2.05, 4.69) is 15.3 Å². The molecular formula is C22H17N3O5. The minimum Gasteiger partial charge on any atom is -0.493 e. The van der Waals surface area contributed by atoms with Gasteiger partial charge in [0.05, 0.1) is 25.5 Å². The zero-order valence-electron chi connectivity index (χ0n) is 16.2. The van der Waals surface area contributed by atoms with Crippen LogP contribution in [0.15, 0.2) is 57.6 Å². The number of anilines is 1. The van der Waals surface area contributed by atoms with Crippen LogP contribution in [0.25, 0.3) is 5.70 Å². The van der Waals surface area contributed by atoms with Crippen LogP contribution in [-0.4, -0.2) is 30.0 Å². The number of rotatable bonds is 3. The number of hydrogen-bond donors (Lipinski definition) is 3. The SMILES string of the molecule is COc1ccc([C@H]2C3=C(Nc4[nH]c(=O)[nH]c(=O)c42)c2ccccc2C3=O)cc1OC. The number of benzene rings is 2. The molecule has 2 aromatic carbocycles. The molecule has 0 spiro atoms. The van der Waals surface area contributed by atoms with Gasteiger partial charge in [0.15, 0.2) is 17.3 Å². The number of nitrogens with one attached hydrogen (secondary N) is 3. The molecule has 0 fully saturated rings. The Labute approximate surface area is 170 Å². The van der Waals surface area contributed by atoms with Crippen LogP contribution in [0.4, 0.5) is 5.82 Å².